The van der Waals surface area contributed by atoms with E-state index in [1.165, 1.54) is 11.3 Å². The molecular formula is C15H24N4S. The summed E-state index contributed by atoms with van der Waals surface area (Å²) in [5, 5.41) is 11.4. The highest BCUT2D eigenvalue weighted by atomic mass is 32.1. The third kappa shape index (κ3) is 3.10. The van der Waals surface area contributed by atoms with Gasteiger partial charge in [0.25, 0.3) is 0 Å². The molecule has 0 fully saturated rings. The maximum Gasteiger partial charge on any atom is 0.115 e. The molecule has 0 aliphatic rings. The van der Waals surface area contributed by atoms with Gasteiger partial charge in [-0.15, -0.1) is 11.3 Å². The largest absolute Gasteiger partial charge is 0.304 e. The van der Waals surface area contributed by atoms with E-state index >= 15 is 0 Å². The van der Waals surface area contributed by atoms with Gasteiger partial charge in [-0.25, -0.2) is 4.98 Å². The zero-order valence-corrected chi connectivity index (χ0v) is 13.8. The summed E-state index contributed by atoms with van der Waals surface area (Å²) in [6, 6.07) is 0.154. The molecule has 1 atom stereocenters. The fraction of sp³-hybridized carbons (Fsp3) is 0.600. The second-order valence-electron chi connectivity index (χ2n) is 5.31. The maximum atomic E-state index is 4.81. The van der Waals surface area contributed by atoms with Gasteiger partial charge in [-0.3, -0.25) is 4.68 Å². The molecule has 0 saturated heterocycles. The summed E-state index contributed by atoms with van der Waals surface area (Å²) in [6.07, 6.45) is 3.06. The molecule has 110 valence electrons. The van der Waals surface area contributed by atoms with Crippen molar-refractivity contribution in [3.05, 3.63) is 33.5 Å². The minimum atomic E-state index is 0.154. The van der Waals surface area contributed by atoms with Crippen LogP contribution in [0.5, 0.6) is 0 Å². The van der Waals surface area contributed by atoms with Crippen molar-refractivity contribution in [1.29, 1.82) is 0 Å². The molecule has 20 heavy (non-hydrogen) atoms. The lowest BCUT2D eigenvalue weighted by Gasteiger charge is -2.15. The molecule has 4 nitrogen and oxygen atoms in total. The van der Waals surface area contributed by atoms with Crippen LogP contribution >= 0.6 is 11.3 Å². The molecule has 1 N–H and O–H groups in total. The summed E-state index contributed by atoms with van der Waals surface area (Å²) in [4.78, 5) is 4.81. The average molecular weight is 292 g/mol. The molecule has 2 aromatic rings. The van der Waals surface area contributed by atoms with E-state index in [0.717, 1.165) is 23.7 Å². The van der Waals surface area contributed by atoms with Gasteiger partial charge in [-0.2, -0.15) is 5.10 Å². The number of aromatic nitrogens is 3. The highest BCUT2D eigenvalue weighted by Crippen LogP contribution is 2.29. The van der Waals surface area contributed by atoms with Crippen LogP contribution < -0.4 is 5.32 Å². The molecular weight excluding hydrogens is 268 g/mol. The molecule has 0 aliphatic carbocycles. The number of thiazole rings is 1. The van der Waals surface area contributed by atoms with Gasteiger partial charge in [-0.1, -0.05) is 27.7 Å². The van der Waals surface area contributed by atoms with Crippen LogP contribution in [0.2, 0.25) is 0 Å². The third-order valence-electron chi connectivity index (χ3n) is 3.37. The molecule has 0 saturated carbocycles. The van der Waals surface area contributed by atoms with Gasteiger partial charge in [-0.05, 0) is 18.9 Å². The number of hydrogen-bond donors (Lipinski definition) is 1. The minimum Gasteiger partial charge on any atom is -0.304 e. The van der Waals surface area contributed by atoms with Crippen molar-refractivity contribution in [1.82, 2.24) is 20.1 Å². The first-order chi connectivity index (χ1) is 9.56. The van der Waals surface area contributed by atoms with Crippen LogP contribution in [0.15, 0.2) is 11.6 Å². The highest BCUT2D eigenvalue weighted by molar-refractivity contribution is 7.09. The summed E-state index contributed by atoms with van der Waals surface area (Å²) in [6.45, 7) is 9.56. The lowest BCUT2D eigenvalue weighted by atomic mass is 10.1. The summed E-state index contributed by atoms with van der Waals surface area (Å²) in [5.74, 6) is 0.474. The molecule has 0 aromatic carbocycles. The van der Waals surface area contributed by atoms with Gasteiger partial charge in [0.15, 0.2) is 0 Å². The standard InChI is InChI=1S/C15H24N4S/c1-6-12-11(8-19(5)18-12)14(16-7-2)15-17-13(9-20-15)10(3)4/h8-10,14,16H,6-7H2,1-5H3. The van der Waals surface area contributed by atoms with E-state index in [2.05, 4.69) is 49.7 Å². The Balaban J connectivity index is 2.38. The molecule has 1 unspecified atom stereocenters. The van der Waals surface area contributed by atoms with Crippen LogP contribution in [0.1, 0.15) is 61.6 Å². The van der Waals surface area contributed by atoms with Crippen molar-refractivity contribution in [3.63, 3.8) is 0 Å². The Kier molecular flexibility index (Phi) is 4.94. The van der Waals surface area contributed by atoms with Crippen LogP contribution in [0.3, 0.4) is 0 Å². The van der Waals surface area contributed by atoms with E-state index in [1.54, 1.807) is 11.3 Å². The third-order valence-corrected chi connectivity index (χ3v) is 4.30. The first kappa shape index (κ1) is 15.2. The van der Waals surface area contributed by atoms with Crippen LogP contribution in [0.4, 0.5) is 0 Å². The highest BCUT2D eigenvalue weighted by Gasteiger charge is 2.22. The van der Waals surface area contributed by atoms with Gasteiger partial charge in [0, 0.05) is 24.2 Å². The Bertz CT molecular complexity index is 556. The van der Waals surface area contributed by atoms with Crippen molar-refractivity contribution in [2.75, 3.05) is 6.54 Å². The van der Waals surface area contributed by atoms with E-state index < -0.39 is 0 Å². The molecule has 2 heterocycles. The molecule has 0 amide bonds. The van der Waals surface area contributed by atoms with Crippen molar-refractivity contribution in [2.24, 2.45) is 7.05 Å². The Hall–Kier alpha value is -1.20. The quantitative estimate of drug-likeness (QED) is 0.888. The van der Waals surface area contributed by atoms with Crippen molar-refractivity contribution < 1.29 is 0 Å². The summed E-state index contributed by atoms with van der Waals surface area (Å²) in [7, 11) is 1.98. The van der Waals surface area contributed by atoms with E-state index in [-0.39, 0.29) is 6.04 Å². The molecule has 0 radical (unpaired) electrons. The Labute approximate surface area is 125 Å². The zero-order chi connectivity index (χ0) is 14.7. The zero-order valence-electron chi connectivity index (χ0n) is 13.0. The SMILES string of the molecule is CCNC(c1nc(C(C)C)cs1)c1cn(C)nc1CC. The van der Waals surface area contributed by atoms with Gasteiger partial charge in [0.1, 0.15) is 5.01 Å². The first-order valence-electron chi connectivity index (χ1n) is 7.27. The van der Waals surface area contributed by atoms with E-state index in [0.29, 0.717) is 5.92 Å². The fourth-order valence-corrected chi connectivity index (χ4v) is 3.37. The topological polar surface area (TPSA) is 42.7 Å². The summed E-state index contributed by atoms with van der Waals surface area (Å²) in [5.41, 5.74) is 3.58. The molecule has 5 heteroatoms. The van der Waals surface area contributed by atoms with Crippen molar-refractivity contribution in [2.45, 2.75) is 46.1 Å². The average Bonchev–Trinajstić information content (AvgIpc) is 3.02. The summed E-state index contributed by atoms with van der Waals surface area (Å²) >= 11 is 1.74. The van der Waals surface area contributed by atoms with Crippen molar-refractivity contribution >= 4 is 11.3 Å². The maximum absolute atomic E-state index is 4.81. The van der Waals surface area contributed by atoms with Crippen LogP contribution in [-0.2, 0) is 13.5 Å². The lowest BCUT2D eigenvalue weighted by molar-refractivity contribution is 0.618. The Morgan fingerprint density at radius 2 is 2.10 bits per heavy atom. The number of nitrogens with one attached hydrogen (secondary N) is 1. The number of nitrogens with zero attached hydrogens (tertiary/aromatic N) is 3. The number of aryl methyl sites for hydroxylation is 2. The van der Waals surface area contributed by atoms with Crippen molar-refractivity contribution in [3.8, 4) is 0 Å². The van der Waals surface area contributed by atoms with Gasteiger partial charge in [0.05, 0.1) is 17.4 Å². The Morgan fingerprint density at radius 1 is 1.35 bits per heavy atom. The number of rotatable bonds is 6. The first-order valence-corrected chi connectivity index (χ1v) is 8.15. The second kappa shape index (κ2) is 6.50. The Morgan fingerprint density at radius 3 is 2.65 bits per heavy atom. The smallest absolute Gasteiger partial charge is 0.115 e. The number of hydrogen-bond acceptors (Lipinski definition) is 4. The van der Waals surface area contributed by atoms with E-state index in [4.69, 9.17) is 4.98 Å². The van der Waals surface area contributed by atoms with Crippen LogP contribution in [0, 0.1) is 0 Å². The summed E-state index contributed by atoms with van der Waals surface area (Å²) < 4.78 is 1.90. The van der Waals surface area contributed by atoms with Gasteiger partial charge >= 0.3 is 0 Å². The normalized spacial score (nSPS) is 13.1. The predicted octanol–water partition coefficient (Wildman–Crippen LogP) is 3.26. The lowest BCUT2D eigenvalue weighted by Crippen LogP contribution is -2.22. The van der Waals surface area contributed by atoms with E-state index in [9.17, 15) is 0 Å². The fourth-order valence-electron chi connectivity index (χ4n) is 2.30. The molecule has 0 aliphatic heterocycles. The molecule has 0 spiro atoms. The second-order valence-corrected chi connectivity index (χ2v) is 6.20. The predicted molar refractivity (Wildman–Crippen MR) is 84.3 cm³/mol. The molecule has 2 aromatic heterocycles. The molecule has 0 bridgehead atoms. The van der Waals surface area contributed by atoms with Crippen LogP contribution in [0.25, 0.3) is 0 Å². The molecule has 2 rings (SSSR count). The minimum absolute atomic E-state index is 0.154. The monoisotopic (exact) mass is 292 g/mol. The van der Waals surface area contributed by atoms with Crippen LogP contribution in [-0.4, -0.2) is 21.3 Å². The van der Waals surface area contributed by atoms with Gasteiger partial charge in [0.2, 0.25) is 0 Å². The van der Waals surface area contributed by atoms with Gasteiger partial charge < -0.3 is 5.32 Å². The van der Waals surface area contributed by atoms with E-state index in [1.807, 2.05) is 11.7 Å².